The third-order valence-corrected chi connectivity index (χ3v) is 8.69. The molecule has 2 fully saturated rings. The van der Waals surface area contributed by atoms with Crippen molar-refractivity contribution in [2.45, 2.75) is 31.1 Å². The molecule has 3 aliphatic heterocycles. The Bertz CT molecular complexity index is 1640. The SMILES string of the molecule is O=C1[C@H]2[C@@H](C(=O)N1Cc1ccccc1)[C@]1(N[C@@H]2Cc2ccccc2)C(=O)N(Cc2ccc(F)cc2)c2ccccc21. The third kappa shape index (κ3) is 3.99. The van der Waals surface area contributed by atoms with E-state index in [0.717, 1.165) is 16.7 Å². The van der Waals surface area contributed by atoms with Crippen LogP contribution in [0.5, 0.6) is 0 Å². The smallest absolute Gasteiger partial charge is 0.253 e. The second kappa shape index (κ2) is 9.78. The van der Waals surface area contributed by atoms with Crippen LogP contribution in [0.15, 0.2) is 109 Å². The van der Waals surface area contributed by atoms with Crippen LogP contribution in [0.2, 0.25) is 0 Å². The van der Waals surface area contributed by atoms with Crippen LogP contribution in [0.25, 0.3) is 0 Å². The fraction of sp³-hybridized carbons (Fsp3) is 0.206. The summed E-state index contributed by atoms with van der Waals surface area (Å²) in [6, 6.07) is 32.4. The summed E-state index contributed by atoms with van der Waals surface area (Å²) in [7, 11) is 0. The maximum Gasteiger partial charge on any atom is 0.253 e. The van der Waals surface area contributed by atoms with Crippen molar-refractivity contribution in [3.63, 3.8) is 0 Å². The van der Waals surface area contributed by atoms with Gasteiger partial charge in [0.05, 0.1) is 24.9 Å². The molecule has 3 aliphatic rings. The summed E-state index contributed by atoms with van der Waals surface area (Å²) in [6.45, 7) is 0.380. The minimum Gasteiger partial charge on any atom is -0.306 e. The number of nitrogens with one attached hydrogen (secondary N) is 1. The monoisotopic (exact) mass is 545 g/mol. The first-order valence-electron chi connectivity index (χ1n) is 13.8. The van der Waals surface area contributed by atoms with E-state index in [-0.39, 0.29) is 36.6 Å². The van der Waals surface area contributed by atoms with Gasteiger partial charge in [0.15, 0.2) is 0 Å². The molecular weight excluding hydrogens is 517 g/mol. The predicted octanol–water partition coefficient (Wildman–Crippen LogP) is 4.58. The van der Waals surface area contributed by atoms with E-state index in [4.69, 9.17) is 0 Å². The Morgan fingerprint density at radius 3 is 1.95 bits per heavy atom. The molecule has 0 radical (unpaired) electrons. The lowest BCUT2D eigenvalue weighted by molar-refractivity contribution is -0.143. The van der Waals surface area contributed by atoms with Crippen LogP contribution < -0.4 is 10.2 Å². The number of imide groups is 1. The van der Waals surface area contributed by atoms with Crippen LogP contribution in [-0.2, 0) is 39.4 Å². The Labute approximate surface area is 237 Å². The van der Waals surface area contributed by atoms with Crippen molar-refractivity contribution in [3.05, 3.63) is 137 Å². The molecule has 41 heavy (non-hydrogen) atoms. The number of benzene rings is 4. The number of para-hydroxylation sites is 1. The van der Waals surface area contributed by atoms with Gasteiger partial charge in [0.25, 0.3) is 5.91 Å². The van der Waals surface area contributed by atoms with E-state index in [2.05, 4.69) is 5.32 Å². The van der Waals surface area contributed by atoms with Gasteiger partial charge in [-0.2, -0.15) is 0 Å². The second-order valence-corrected chi connectivity index (χ2v) is 11.0. The number of hydrogen-bond donors (Lipinski definition) is 1. The normalized spacial score (nSPS) is 24.8. The molecule has 4 aromatic carbocycles. The molecule has 0 aromatic heterocycles. The van der Waals surface area contributed by atoms with Crippen molar-refractivity contribution in [3.8, 4) is 0 Å². The van der Waals surface area contributed by atoms with E-state index in [9.17, 15) is 18.8 Å². The maximum absolute atomic E-state index is 14.6. The fourth-order valence-corrected chi connectivity index (χ4v) is 6.90. The van der Waals surface area contributed by atoms with Gasteiger partial charge >= 0.3 is 0 Å². The number of halogens is 1. The molecule has 7 heteroatoms. The molecule has 3 heterocycles. The van der Waals surface area contributed by atoms with Gasteiger partial charge in [-0.1, -0.05) is 91.0 Å². The summed E-state index contributed by atoms with van der Waals surface area (Å²) >= 11 is 0. The van der Waals surface area contributed by atoms with Gasteiger partial charge in [0.2, 0.25) is 11.8 Å². The van der Waals surface area contributed by atoms with Crippen LogP contribution in [0, 0.1) is 17.7 Å². The molecule has 1 N–H and O–H groups in total. The zero-order chi connectivity index (χ0) is 28.1. The Kier molecular flexibility index (Phi) is 6.05. The van der Waals surface area contributed by atoms with Crippen molar-refractivity contribution >= 4 is 23.4 Å². The zero-order valence-electron chi connectivity index (χ0n) is 22.2. The van der Waals surface area contributed by atoms with Crippen molar-refractivity contribution in [1.82, 2.24) is 10.2 Å². The van der Waals surface area contributed by atoms with Crippen LogP contribution in [0.4, 0.5) is 10.1 Å². The highest BCUT2D eigenvalue weighted by molar-refractivity contribution is 6.16. The third-order valence-electron chi connectivity index (χ3n) is 8.69. The lowest BCUT2D eigenvalue weighted by Crippen LogP contribution is -2.55. The van der Waals surface area contributed by atoms with E-state index in [1.165, 1.54) is 17.0 Å². The predicted molar refractivity (Wildman–Crippen MR) is 152 cm³/mol. The summed E-state index contributed by atoms with van der Waals surface area (Å²) in [5, 5.41) is 3.57. The number of carbonyl (C=O) groups is 3. The van der Waals surface area contributed by atoms with Crippen molar-refractivity contribution in [1.29, 1.82) is 0 Å². The number of anilines is 1. The lowest BCUT2D eigenvalue weighted by Gasteiger charge is -2.31. The Morgan fingerprint density at radius 1 is 0.659 bits per heavy atom. The summed E-state index contributed by atoms with van der Waals surface area (Å²) in [4.78, 5) is 46.0. The highest BCUT2D eigenvalue weighted by Crippen LogP contribution is 2.55. The molecule has 3 amide bonds. The largest absolute Gasteiger partial charge is 0.306 e. The van der Waals surface area contributed by atoms with Crippen LogP contribution in [0.3, 0.4) is 0 Å². The average molecular weight is 546 g/mol. The van der Waals surface area contributed by atoms with Gasteiger partial charge in [-0.25, -0.2) is 4.39 Å². The first-order chi connectivity index (χ1) is 20.0. The highest BCUT2D eigenvalue weighted by atomic mass is 19.1. The summed E-state index contributed by atoms with van der Waals surface area (Å²) < 4.78 is 13.6. The first-order valence-corrected chi connectivity index (χ1v) is 13.8. The average Bonchev–Trinajstić information content (AvgIpc) is 3.55. The molecule has 6 nitrogen and oxygen atoms in total. The quantitative estimate of drug-likeness (QED) is 0.360. The Balaban J connectivity index is 1.33. The fourth-order valence-electron chi connectivity index (χ4n) is 6.90. The lowest BCUT2D eigenvalue weighted by atomic mass is 9.76. The van der Waals surface area contributed by atoms with E-state index in [1.54, 1.807) is 17.0 Å². The van der Waals surface area contributed by atoms with Crippen LogP contribution in [0.1, 0.15) is 22.3 Å². The topological polar surface area (TPSA) is 69.7 Å². The van der Waals surface area contributed by atoms with Crippen molar-refractivity contribution < 1.29 is 18.8 Å². The summed E-state index contributed by atoms with van der Waals surface area (Å²) in [6.07, 6.45) is 0.495. The molecule has 1 spiro atoms. The Morgan fingerprint density at radius 2 is 1.24 bits per heavy atom. The number of carbonyl (C=O) groups excluding carboxylic acids is 3. The molecule has 4 atom stereocenters. The van der Waals surface area contributed by atoms with Gasteiger partial charge in [0.1, 0.15) is 11.4 Å². The molecule has 204 valence electrons. The number of likely N-dealkylation sites (tertiary alicyclic amines) is 1. The van der Waals surface area contributed by atoms with Gasteiger partial charge in [0, 0.05) is 17.3 Å². The molecule has 0 aliphatic carbocycles. The number of nitrogens with zero attached hydrogens (tertiary/aromatic N) is 2. The zero-order valence-corrected chi connectivity index (χ0v) is 22.2. The molecule has 0 bridgehead atoms. The maximum atomic E-state index is 14.6. The van der Waals surface area contributed by atoms with Crippen LogP contribution >= 0.6 is 0 Å². The van der Waals surface area contributed by atoms with Crippen LogP contribution in [-0.4, -0.2) is 28.7 Å². The molecule has 0 saturated carbocycles. The summed E-state index contributed by atoms with van der Waals surface area (Å²) in [5.74, 6) is -2.80. The Hall–Kier alpha value is -4.62. The molecule has 4 aromatic rings. The first kappa shape index (κ1) is 25.4. The van der Waals surface area contributed by atoms with Gasteiger partial charge in [-0.15, -0.1) is 0 Å². The summed E-state index contributed by atoms with van der Waals surface area (Å²) in [5.41, 5.74) is 2.63. The minimum atomic E-state index is -1.39. The van der Waals surface area contributed by atoms with Gasteiger partial charge in [-0.05, 0) is 41.3 Å². The number of rotatable bonds is 6. The van der Waals surface area contributed by atoms with Gasteiger partial charge < -0.3 is 4.90 Å². The standard InChI is InChI=1S/C34H28FN3O3/c35-25-17-15-24(16-18-25)20-37-28-14-8-7-13-26(28)34(33(37)41)30-29(27(36-34)19-22-9-3-1-4-10-22)31(39)38(32(30)40)21-23-11-5-2-6-12-23/h1-18,27,29-30,36H,19-21H2/t27-,29-,30+,34+/m1/s1. The van der Waals surface area contributed by atoms with Crippen molar-refractivity contribution in [2.75, 3.05) is 4.90 Å². The van der Waals surface area contributed by atoms with Crippen molar-refractivity contribution in [2.24, 2.45) is 11.8 Å². The van der Waals surface area contributed by atoms with E-state index >= 15 is 0 Å². The minimum absolute atomic E-state index is 0.161. The number of hydrogen-bond acceptors (Lipinski definition) is 4. The molecule has 2 saturated heterocycles. The molecular formula is C34H28FN3O3. The highest BCUT2D eigenvalue weighted by Gasteiger charge is 2.71. The van der Waals surface area contributed by atoms with E-state index in [1.807, 2.05) is 84.9 Å². The van der Waals surface area contributed by atoms with E-state index < -0.39 is 23.4 Å². The second-order valence-electron chi connectivity index (χ2n) is 11.0. The van der Waals surface area contributed by atoms with E-state index in [0.29, 0.717) is 17.7 Å². The number of fused-ring (bicyclic) bond motifs is 4. The molecule has 7 rings (SSSR count). The number of amides is 3. The molecule has 0 unspecified atom stereocenters. The van der Waals surface area contributed by atoms with Gasteiger partial charge in [-0.3, -0.25) is 24.6 Å².